The van der Waals surface area contributed by atoms with Gasteiger partial charge < -0.3 is 19.7 Å². The maximum Gasteiger partial charge on any atom is 0.356 e. The Morgan fingerprint density at radius 1 is 1.15 bits per heavy atom. The number of azo groups is 1. The highest BCUT2D eigenvalue weighted by molar-refractivity contribution is 5.88. The first kappa shape index (κ1) is 19.5. The van der Waals surface area contributed by atoms with Crippen LogP contribution in [0.3, 0.4) is 0 Å². The number of phenolic OH excluding ortho intramolecular Hbond substituents is 1. The Balaban J connectivity index is 2.36. The van der Waals surface area contributed by atoms with Crippen LogP contribution < -0.4 is 4.74 Å². The summed E-state index contributed by atoms with van der Waals surface area (Å²) in [4.78, 5) is 37.6. The molecule has 0 bridgehead atoms. The van der Waals surface area contributed by atoms with E-state index in [-0.39, 0.29) is 40.7 Å². The summed E-state index contributed by atoms with van der Waals surface area (Å²) in [5.41, 5.74) is 0.279. The topological polar surface area (TPSA) is 148 Å². The van der Waals surface area contributed by atoms with E-state index < -0.39 is 17.9 Å². The van der Waals surface area contributed by atoms with E-state index in [9.17, 15) is 19.5 Å². The first-order valence-corrected chi connectivity index (χ1v) is 7.52. The number of carbonyl (C=O) groups excluding carboxylic acids is 2. The molecule has 1 aromatic carbocycles. The monoisotopic (exact) mass is 373 g/mol. The molecule has 0 unspecified atom stereocenters. The number of carboxylic acid groups (broad SMARTS) is 1. The van der Waals surface area contributed by atoms with Crippen molar-refractivity contribution in [3.63, 3.8) is 0 Å². The molecular formula is C17H15N3O7. The molecule has 0 saturated heterocycles. The molecule has 0 saturated carbocycles. The Labute approximate surface area is 153 Å². The molecule has 2 rings (SSSR count). The summed E-state index contributed by atoms with van der Waals surface area (Å²) in [5.74, 6) is -2.66. The van der Waals surface area contributed by atoms with Gasteiger partial charge in [0.2, 0.25) is 0 Å². The van der Waals surface area contributed by atoms with Crippen LogP contribution >= 0.6 is 0 Å². The Kier molecular flexibility index (Phi) is 6.15. The number of benzene rings is 1. The highest BCUT2D eigenvalue weighted by Crippen LogP contribution is 2.26. The average Bonchev–Trinajstić information content (AvgIpc) is 2.60. The van der Waals surface area contributed by atoms with E-state index in [4.69, 9.17) is 9.84 Å². The van der Waals surface area contributed by atoms with Crippen LogP contribution in [-0.2, 0) is 20.7 Å². The minimum Gasteiger partial charge on any atom is -0.508 e. The van der Waals surface area contributed by atoms with Gasteiger partial charge in [-0.25, -0.2) is 9.78 Å². The van der Waals surface area contributed by atoms with Gasteiger partial charge in [0.15, 0.2) is 11.5 Å². The van der Waals surface area contributed by atoms with Crippen molar-refractivity contribution in [3.05, 3.63) is 41.6 Å². The van der Waals surface area contributed by atoms with Crippen molar-refractivity contribution >= 4 is 29.4 Å². The molecule has 2 aromatic rings. The van der Waals surface area contributed by atoms with Crippen LogP contribution in [-0.4, -0.2) is 40.2 Å². The fourth-order valence-electron chi connectivity index (χ4n) is 2.02. The number of hydrogen-bond acceptors (Lipinski definition) is 9. The van der Waals surface area contributed by atoms with Gasteiger partial charge in [-0.1, -0.05) is 0 Å². The number of rotatable bonds is 6. The highest BCUT2D eigenvalue weighted by atomic mass is 16.5. The predicted molar refractivity (Wildman–Crippen MR) is 90.5 cm³/mol. The quantitative estimate of drug-likeness (QED) is 0.580. The Bertz CT molecular complexity index is 925. The molecule has 10 nitrogen and oxygen atoms in total. The van der Waals surface area contributed by atoms with E-state index in [1.807, 2.05) is 0 Å². The Morgan fingerprint density at radius 3 is 2.52 bits per heavy atom. The number of ether oxygens (including phenoxy) is 2. The molecule has 2 N–H and O–H groups in total. The van der Waals surface area contributed by atoms with Gasteiger partial charge in [-0.3, -0.25) is 9.59 Å². The molecule has 0 fully saturated rings. The lowest BCUT2D eigenvalue weighted by atomic mass is 10.1. The normalized spacial score (nSPS) is 10.6. The van der Waals surface area contributed by atoms with E-state index in [2.05, 4.69) is 19.9 Å². The second kappa shape index (κ2) is 8.52. The van der Waals surface area contributed by atoms with Crippen molar-refractivity contribution in [2.45, 2.75) is 13.3 Å². The lowest BCUT2D eigenvalue weighted by Crippen LogP contribution is -2.07. The van der Waals surface area contributed by atoms with Crippen molar-refractivity contribution in [1.29, 1.82) is 0 Å². The van der Waals surface area contributed by atoms with Gasteiger partial charge in [0.25, 0.3) is 0 Å². The van der Waals surface area contributed by atoms with E-state index in [1.165, 1.54) is 44.4 Å². The first-order valence-electron chi connectivity index (χ1n) is 7.52. The summed E-state index contributed by atoms with van der Waals surface area (Å²) in [6.07, 6.45) is -0.387. The van der Waals surface area contributed by atoms with Crippen LogP contribution in [0.1, 0.15) is 23.0 Å². The molecule has 140 valence electrons. The maximum absolute atomic E-state index is 11.7. The smallest absolute Gasteiger partial charge is 0.356 e. The number of nitrogens with zero attached hydrogens (tertiary/aromatic N) is 3. The summed E-state index contributed by atoms with van der Waals surface area (Å²) in [7, 11) is 1.17. The van der Waals surface area contributed by atoms with Crippen LogP contribution in [0.4, 0.5) is 11.5 Å². The lowest BCUT2D eigenvalue weighted by Gasteiger charge is -2.05. The maximum atomic E-state index is 11.7. The third-order valence-electron chi connectivity index (χ3n) is 3.11. The molecule has 0 atom stereocenters. The Hall–Kier alpha value is -3.82. The molecule has 0 aliphatic carbocycles. The third-order valence-corrected chi connectivity index (χ3v) is 3.11. The van der Waals surface area contributed by atoms with Gasteiger partial charge in [-0.15, -0.1) is 10.2 Å². The fourth-order valence-corrected chi connectivity index (χ4v) is 2.02. The van der Waals surface area contributed by atoms with Crippen LogP contribution in [0, 0.1) is 0 Å². The van der Waals surface area contributed by atoms with Gasteiger partial charge in [0, 0.05) is 24.6 Å². The van der Waals surface area contributed by atoms with Crippen molar-refractivity contribution in [3.8, 4) is 11.5 Å². The molecule has 0 aliphatic rings. The largest absolute Gasteiger partial charge is 0.508 e. The van der Waals surface area contributed by atoms with Crippen LogP contribution in [0.25, 0.3) is 0 Å². The summed E-state index contributed by atoms with van der Waals surface area (Å²) in [6, 6.07) is 6.56. The average molecular weight is 373 g/mol. The van der Waals surface area contributed by atoms with E-state index in [1.54, 1.807) is 0 Å². The number of carboxylic acids is 1. The molecule has 27 heavy (non-hydrogen) atoms. The van der Waals surface area contributed by atoms with Crippen LogP contribution in [0.2, 0.25) is 0 Å². The zero-order chi connectivity index (χ0) is 20.0. The van der Waals surface area contributed by atoms with Crippen molar-refractivity contribution in [1.82, 2.24) is 4.98 Å². The summed E-state index contributed by atoms with van der Waals surface area (Å²) < 4.78 is 9.52. The third kappa shape index (κ3) is 5.59. The van der Waals surface area contributed by atoms with Crippen molar-refractivity contribution < 1.29 is 34.1 Å². The second-order valence-corrected chi connectivity index (χ2v) is 5.22. The SMILES string of the molecule is COC(=O)c1cc(OC(C)=O)cc(N=Nc2ccc(O)c(CC(=O)O)c2)n1. The van der Waals surface area contributed by atoms with E-state index >= 15 is 0 Å². The standard InChI is InChI=1S/C17H15N3O7/c1-9(21)27-12-7-13(17(25)26-2)18-15(8-12)20-19-11-3-4-14(22)10(5-11)6-16(23)24/h3-5,7-8,22H,6H2,1-2H3,(H,23,24). The number of aromatic nitrogens is 1. The van der Waals surface area contributed by atoms with Crippen molar-refractivity contribution in [2.24, 2.45) is 10.2 Å². The highest BCUT2D eigenvalue weighted by Gasteiger charge is 2.13. The number of phenols is 1. The van der Waals surface area contributed by atoms with Crippen LogP contribution in [0.5, 0.6) is 11.5 Å². The van der Waals surface area contributed by atoms with Crippen molar-refractivity contribution in [2.75, 3.05) is 7.11 Å². The van der Waals surface area contributed by atoms with E-state index in [0.717, 1.165) is 0 Å². The summed E-state index contributed by atoms with van der Waals surface area (Å²) in [5, 5.41) is 26.3. The number of carbonyl (C=O) groups is 3. The number of aliphatic carboxylic acids is 1. The zero-order valence-electron chi connectivity index (χ0n) is 14.4. The second-order valence-electron chi connectivity index (χ2n) is 5.22. The first-order chi connectivity index (χ1) is 12.8. The zero-order valence-corrected chi connectivity index (χ0v) is 14.4. The minimum atomic E-state index is -1.11. The molecule has 1 aromatic heterocycles. The number of esters is 2. The minimum absolute atomic E-state index is 0.0316. The van der Waals surface area contributed by atoms with Gasteiger partial charge >= 0.3 is 17.9 Å². The lowest BCUT2D eigenvalue weighted by molar-refractivity contribution is -0.136. The molecule has 0 radical (unpaired) electrons. The molecule has 1 heterocycles. The molecule has 0 spiro atoms. The fraction of sp³-hybridized carbons (Fsp3) is 0.176. The number of hydrogen-bond donors (Lipinski definition) is 2. The van der Waals surface area contributed by atoms with Gasteiger partial charge in [0.05, 0.1) is 19.2 Å². The summed E-state index contributed by atoms with van der Waals surface area (Å²) in [6.45, 7) is 1.19. The number of pyridine rings is 1. The molecule has 10 heteroatoms. The predicted octanol–water partition coefficient (Wildman–Crippen LogP) is 2.54. The van der Waals surface area contributed by atoms with Gasteiger partial charge in [-0.05, 0) is 18.2 Å². The molecule has 0 aliphatic heterocycles. The van der Waals surface area contributed by atoms with Crippen LogP contribution in [0.15, 0.2) is 40.6 Å². The van der Waals surface area contributed by atoms with E-state index in [0.29, 0.717) is 0 Å². The Morgan fingerprint density at radius 2 is 1.89 bits per heavy atom. The van der Waals surface area contributed by atoms with Gasteiger partial charge in [-0.2, -0.15) is 0 Å². The van der Waals surface area contributed by atoms with Gasteiger partial charge in [0.1, 0.15) is 11.5 Å². The number of methoxy groups -OCH3 is 1. The summed E-state index contributed by atoms with van der Waals surface area (Å²) >= 11 is 0. The molecular weight excluding hydrogens is 358 g/mol. The number of aromatic hydroxyl groups is 1. The molecule has 0 amide bonds.